The van der Waals surface area contributed by atoms with E-state index in [0.29, 0.717) is 6.61 Å². The first-order valence-electron chi connectivity index (χ1n) is 8.57. The summed E-state index contributed by atoms with van der Waals surface area (Å²) in [4.78, 5) is 0. The van der Waals surface area contributed by atoms with Gasteiger partial charge in [-0.1, -0.05) is 55.8 Å². The van der Waals surface area contributed by atoms with Crippen LogP contribution in [-0.2, 0) is 0 Å². The topological polar surface area (TPSA) is 18.5 Å². The Kier molecular flexibility index (Phi) is 7.69. The molecule has 0 saturated carbocycles. The summed E-state index contributed by atoms with van der Waals surface area (Å²) >= 11 is 0. The molecule has 0 spiro atoms. The van der Waals surface area contributed by atoms with Gasteiger partial charge in [0.1, 0.15) is 18.1 Å². The molecule has 24 heavy (non-hydrogen) atoms. The minimum atomic E-state index is 0.577. The number of hydrogen-bond donors (Lipinski definition) is 0. The fourth-order valence-electron chi connectivity index (χ4n) is 2.21. The van der Waals surface area contributed by atoms with Crippen LogP contribution in [0.4, 0.5) is 0 Å². The molecule has 0 radical (unpaired) electrons. The zero-order chi connectivity index (χ0) is 17.0. The summed E-state index contributed by atoms with van der Waals surface area (Å²) in [6, 6.07) is 16.4. The first-order valence-corrected chi connectivity index (χ1v) is 8.57. The molecular formula is C22H26O2. The lowest BCUT2D eigenvalue weighted by molar-refractivity contribution is 0.309. The van der Waals surface area contributed by atoms with Gasteiger partial charge in [0, 0.05) is 0 Å². The quantitative estimate of drug-likeness (QED) is 0.413. The number of benzene rings is 2. The summed E-state index contributed by atoms with van der Waals surface area (Å²) in [5.74, 6) is 1.81. The monoisotopic (exact) mass is 322 g/mol. The highest BCUT2D eigenvalue weighted by Crippen LogP contribution is 2.24. The summed E-state index contributed by atoms with van der Waals surface area (Å²) in [7, 11) is 0. The van der Waals surface area contributed by atoms with E-state index in [-0.39, 0.29) is 0 Å². The average Bonchev–Trinajstić information content (AvgIpc) is 2.63. The molecule has 0 saturated heterocycles. The Morgan fingerprint density at radius 1 is 0.792 bits per heavy atom. The highest BCUT2D eigenvalue weighted by atomic mass is 16.5. The van der Waals surface area contributed by atoms with Gasteiger partial charge in [0.05, 0.1) is 6.61 Å². The second-order valence-electron chi connectivity index (χ2n) is 5.52. The van der Waals surface area contributed by atoms with Gasteiger partial charge in [0.15, 0.2) is 0 Å². The Hall–Kier alpha value is -2.48. The van der Waals surface area contributed by atoms with Crippen LogP contribution in [0.3, 0.4) is 0 Å². The molecule has 0 fully saturated rings. The third-order valence-electron chi connectivity index (χ3n) is 3.59. The van der Waals surface area contributed by atoms with Crippen molar-refractivity contribution in [3.05, 3.63) is 72.8 Å². The maximum atomic E-state index is 5.70. The van der Waals surface area contributed by atoms with E-state index in [2.05, 4.69) is 31.2 Å². The van der Waals surface area contributed by atoms with Crippen molar-refractivity contribution in [1.29, 1.82) is 0 Å². The normalized spacial score (nSPS) is 11.2. The van der Waals surface area contributed by atoms with Crippen molar-refractivity contribution >= 4 is 0 Å². The summed E-state index contributed by atoms with van der Waals surface area (Å²) in [5.41, 5.74) is 2.35. The van der Waals surface area contributed by atoms with Crippen LogP contribution in [0, 0.1) is 0 Å². The molecule has 0 unspecified atom stereocenters. The second kappa shape index (κ2) is 10.3. The molecule has 2 aromatic rings. The lowest BCUT2D eigenvalue weighted by Gasteiger charge is -2.08. The Bertz CT molecular complexity index is 637. The number of unbranched alkanes of at least 4 members (excludes halogenated alkanes) is 1. The summed E-state index contributed by atoms with van der Waals surface area (Å²) in [5, 5.41) is 0. The molecule has 2 rings (SSSR count). The average molecular weight is 322 g/mol. The van der Waals surface area contributed by atoms with Crippen molar-refractivity contribution in [2.24, 2.45) is 0 Å². The highest BCUT2D eigenvalue weighted by molar-refractivity contribution is 5.64. The molecule has 0 atom stereocenters. The maximum absolute atomic E-state index is 5.70. The van der Waals surface area contributed by atoms with E-state index in [0.717, 1.165) is 30.9 Å². The van der Waals surface area contributed by atoms with E-state index in [4.69, 9.17) is 9.47 Å². The Labute approximate surface area is 145 Å². The van der Waals surface area contributed by atoms with E-state index >= 15 is 0 Å². The summed E-state index contributed by atoms with van der Waals surface area (Å²) < 4.78 is 11.4. The smallest absolute Gasteiger partial charge is 0.119 e. The predicted octanol–water partition coefficient (Wildman–Crippen LogP) is 6.04. The maximum Gasteiger partial charge on any atom is 0.119 e. The molecule has 2 heteroatoms. The molecule has 0 aromatic heterocycles. The molecule has 0 N–H and O–H groups in total. The largest absolute Gasteiger partial charge is 0.494 e. The Morgan fingerprint density at radius 3 is 1.92 bits per heavy atom. The van der Waals surface area contributed by atoms with E-state index in [1.807, 2.05) is 55.5 Å². The van der Waals surface area contributed by atoms with E-state index in [1.54, 1.807) is 0 Å². The SMILES string of the molecule is CC=CC=CCOc1ccc(-c2ccc(OCCCC)cc2)cc1. The van der Waals surface area contributed by atoms with Crippen LogP contribution in [0.25, 0.3) is 11.1 Å². The lowest BCUT2D eigenvalue weighted by Crippen LogP contribution is -1.96. The highest BCUT2D eigenvalue weighted by Gasteiger charge is 2.00. The van der Waals surface area contributed by atoms with Crippen LogP contribution in [0.5, 0.6) is 11.5 Å². The van der Waals surface area contributed by atoms with Crippen molar-refractivity contribution in [2.45, 2.75) is 26.7 Å². The van der Waals surface area contributed by atoms with Crippen LogP contribution in [0.1, 0.15) is 26.7 Å². The number of ether oxygens (including phenoxy) is 2. The standard InChI is InChI=1S/C22H26O2/c1-3-5-7-8-18-24-22-15-11-20(12-16-22)19-9-13-21(14-10-19)23-17-6-4-2/h3,5,7-16H,4,6,17-18H2,1-2H3. The van der Waals surface area contributed by atoms with Crippen LogP contribution in [-0.4, -0.2) is 13.2 Å². The molecule has 0 bridgehead atoms. The lowest BCUT2D eigenvalue weighted by atomic mass is 10.1. The van der Waals surface area contributed by atoms with Gasteiger partial charge in [0.25, 0.3) is 0 Å². The number of allylic oxidation sites excluding steroid dienone is 3. The minimum Gasteiger partial charge on any atom is -0.494 e. The molecule has 2 nitrogen and oxygen atoms in total. The van der Waals surface area contributed by atoms with Crippen molar-refractivity contribution in [3.8, 4) is 22.6 Å². The first kappa shape index (κ1) is 17.9. The van der Waals surface area contributed by atoms with Crippen LogP contribution in [0.15, 0.2) is 72.8 Å². The third kappa shape index (κ3) is 5.96. The van der Waals surface area contributed by atoms with Gasteiger partial charge >= 0.3 is 0 Å². The Morgan fingerprint density at radius 2 is 1.38 bits per heavy atom. The third-order valence-corrected chi connectivity index (χ3v) is 3.59. The van der Waals surface area contributed by atoms with Crippen molar-refractivity contribution in [3.63, 3.8) is 0 Å². The van der Waals surface area contributed by atoms with Gasteiger partial charge < -0.3 is 9.47 Å². The second-order valence-corrected chi connectivity index (χ2v) is 5.52. The van der Waals surface area contributed by atoms with Crippen LogP contribution >= 0.6 is 0 Å². The molecule has 0 aliphatic rings. The fraction of sp³-hybridized carbons (Fsp3) is 0.273. The molecule has 0 amide bonds. The van der Waals surface area contributed by atoms with E-state index < -0.39 is 0 Å². The van der Waals surface area contributed by atoms with Gasteiger partial charge in [-0.2, -0.15) is 0 Å². The van der Waals surface area contributed by atoms with Crippen LogP contribution < -0.4 is 9.47 Å². The number of hydrogen-bond acceptors (Lipinski definition) is 2. The van der Waals surface area contributed by atoms with Crippen molar-refractivity contribution in [1.82, 2.24) is 0 Å². The van der Waals surface area contributed by atoms with Crippen molar-refractivity contribution < 1.29 is 9.47 Å². The summed E-state index contributed by atoms with van der Waals surface area (Å²) in [6.45, 7) is 5.52. The van der Waals surface area contributed by atoms with E-state index in [9.17, 15) is 0 Å². The van der Waals surface area contributed by atoms with Crippen molar-refractivity contribution in [2.75, 3.05) is 13.2 Å². The molecule has 2 aromatic carbocycles. The zero-order valence-electron chi connectivity index (χ0n) is 14.6. The van der Waals surface area contributed by atoms with Gasteiger partial charge in [-0.15, -0.1) is 0 Å². The van der Waals surface area contributed by atoms with Gasteiger partial charge in [-0.3, -0.25) is 0 Å². The molecule has 0 aliphatic carbocycles. The molecule has 126 valence electrons. The fourth-order valence-corrected chi connectivity index (χ4v) is 2.21. The number of rotatable bonds is 9. The molecule has 0 aliphatic heterocycles. The minimum absolute atomic E-state index is 0.577. The van der Waals surface area contributed by atoms with Gasteiger partial charge in [-0.05, 0) is 54.8 Å². The van der Waals surface area contributed by atoms with E-state index in [1.165, 1.54) is 11.1 Å². The van der Waals surface area contributed by atoms with Crippen LogP contribution in [0.2, 0.25) is 0 Å². The van der Waals surface area contributed by atoms with Gasteiger partial charge in [0.2, 0.25) is 0 Å². The molecule has 0 heterocycles. The molecular weight excluding hydrogens is 296 g/mol. The Balaban J connectivity index is 1.90. The predicted molar refractivity (Wildman–Crippen MR) is 102 cm³/mol. The van der Waals surface area contributed by atoms with Gasteiger partial charge in [-0.25, -0.2) is 0 Å². The summed E-state index contributed by atoms with van der Waals surface area (Å²) in [6.07, 6.45) is 10.2. The first-order chi connectivity index (χ1) is 11.8. The zero-order valence-corrected chi connectivity index (χ0v) is 14.6.